The Hall–Kier alpha value is -3.22. The van der Waals surface area contributed by atoms with Crippen LogP contribution in [0.3, 0.4) is 0 Å². The second kappa shape index (κ2) is 8.21. The van der Waals surface area contributed by atoms with Gasteiger partial charge in [0, 0.05) is 36.5 Å². The Morgan fingerprint density at radius 3 is 2.68 bits per heavy atom. The molecule has 7 nitrogen and oxygen atoms in total. The molecular formula is C21H22N4O3. The molecule has 144 valence electrons. The lowest BCUT2D eigenvalue weighted by molar-refractivity contribution is 0.0852. The Kier molecular flexibility index (Phi) is 5.32. The van der Waals surface area contributed by atoms with Crippen LogP contribution >= 0.6 is 0 Å². The lowest BCUT2D eigenvalue weighted by Gasteiger charge is -2.29. The molecule has 0 atom stereocenters. The molecule has 1 aliphatic rings. The monoisotopic (exact) mass is 378 g/mol. The van der Waals surface area contributed by atoms with Crippen LogP contribution in [0.1, 0.15) is 35.9 Å². The molecule has 1 fully saturated rings. The molecule has 0 bridgehead atoms. The first-order valence-electron chi connectivity index (χ1n) is 9.41. The molecule has 1 aliphatic heterocycles. The normalized spacial score (nSPS) is 14.8. The Morgan fingerprint density at radius 2 is 1.96 bits per heavy atom. The minimum Gasteiger partial charge on any atom is -0.445 e. The second-order valence-electron chi connectivity index (χ2n) is 6.95. The Bertz CT molecular complexity index is 916. The lowest BCUT2D eigenvalue weighted by Crippen LogP contribution is -2.38. The number of piperidine rings is 1. The van der Waals surface area contributed by atoms with Crippen LogP contribution in [0.4, 0.5) is 4.79 Å². The number of benzene rings is 1. The average molecular weight is 378 g/mol. The summed E-state index contributed by atoms with van der Waals surface area (Å²) in [6.45, 7) is 3.45. The van der Waals surface area contributed by atoms with Gasteiger partial charge < -0.3 is 14.2 Å². The molecule has 1 aromatic carbocycles. The highest BCUT2D eigenvalue weighted by Gasteiger charge is 2.28. The van der Waals surface area contributed by atoms with Crippen molar-refractivity contribution in [2.45, 2.75) is 32.3 Å². The smallest absolute Gasteiger partial charge is 0.410 e. The van der Waals surface area contributed by atoms with Crippen molar-refractivity contribution in [3.63, 3.8) is 0 Å². The molecule has 7 heteroatoms. The summed E-state index contributed by atoms with van der Waals surface area (Å²) in [5.41, 5.74) is 2.76. The van der Waals surface area contributed by atoms with Crippen LogP contribution < -0.4 is 0 Å². The first-order chi connectivity index (χ1) is 13.7. The molecule has 0 spiro atoms. The molecule has 0 saturated carbocycles. The van der Waals surface area contributed by atoms with Crippen molar-refractivity contribution in [3.05, 3.63) is 65.8 Å². The van der Waals surface area contributed by atoms with Crippen molar-refractivity contribution in [2.24, 2.45) is 0 Å². The van der Waals surface area contributed by atoms with Crippen LogP contribution in [0.15, 0.2) is 53.2 Å². The summed E-state index contributed by atoms with van der Waals surface area (Å²) in [5, 5.41) is 4.08. The maximum Gasteiger partial charge on any atom is 0.410 e. The van der Waals surface area contributed by atoms with Gasteiger partial charge in [-0.15, -0.1) is 0 Å². The third-order valence-corrected chi connectivity index (χ3v) is 4.92. The van der Waals surface area contributed by atoms with Crippen molar-refractivity contribution >= 4 is 6.09 Å². The van der Waals surface area contributed by atoms with Gasteiger partial charge in [-0.05, 0) is 37.5 Å². The topological polar surface area (TPSA) is 81.4 Å². The third-order valence-electron chi connectivity index (χ3n) is 4.92. The predicted molar refractivity (Wildman–Crippen MR) is 102 cm³/mol. The molecule has 0 radical (unpaired) electrons. The summed E-state index contributed by atoms with van der Waals surface area (Å²) >= 11 is 0. The van der Waals surface area contributed by atoms with Gasteiger partial charge in [-0.25, -0.2) is 4.79 Å². The molecule has 4 rings (SSSR count). The molecule has 0 N–H and O–H groups in total. The van der Waals surface area contributed by atoms with Gasteiger partial charge in [-0.3, -0.25) is 4.98 Å². The summed E-state index contributed by atoms with van der Waals surface area (Å²) in [5.74, 6) is 1.32. The molecule has 28 heavy (non-hydrogen) atoms. The Morgan fingerprint density at radius 1 is 1.18 bits per heavy atom. The number of amides is 1. The zero-order chi connectivity index (χ0) is 19.3. The Labute approximate surface area is 163 Å². The van der Waals surface area contributed by atoms with E-state index in [9.17, 15) is 4.79 Å². The summed E-state index contributed by atoms with van der Waals surface area (Å²) in [7, 11) is 0. The number of hydrogen-bond donors (Lipinski definition) is 0. The number of hydrogen-bond acceptors (Lipinski definition) is 6. The van der Waals surface area contributed by atoms with Gasteiger partial charge in [0.05, 0.1) is 0 Å². The van der Waals surface area contributed by atoms with E-state index in [4.69, 9.17) is 9.26 Å². The fourth-order valence-corrected chi connectivity index (χ4v) is 3.24. The van der Waals surface area contributed by atoms with Crippen molar-refractivity contribution in [3.8, 4) is 11.4 Å². The molecule has 1 saturated heterocycles. The van der Waals surface area contributed by atoms with Crippen LogP contribution in [0.5, 0.6) is 0 Å². The van der Waals surface area contributed by atoms with Crippen LogP contribution in [0, 0.1) is 6.92 Å². The van der Waals surface area contributed by atoms with Crippen LogP contribution in [-0.2, 0) is 11.3 Å². The summed E-state index contributed by atoms with van der Waals surface area (Å²) in [4.78, 5) is 22.8. The average Bonchev–Trinajstić information content (AvgIpc) is 3.24. The Balaban J connectivity index is 1.30. The second-order valence-corrected chi connectivity index (χ2v) is 6.95. The molecule has 1 amide bonds. The maximum atomic E-state index is 12.3. The van der Waals surface area contributed by atoms with Crippen molar-refractivity contribution in [1.82, 2.24) is 20.0 Å². The van der Waals surface area contributed by atoms with Gasteiger partial charge in [0.15, 0.2) is 0 Å². The number of nitrogens with zero attached hydrogens (tertiary/aromatic N) is 4. The van der Waals surface area contributed by atoms with E-state index in [-0.39, 0.29) is 18.6 Å². The van der Waals surface area contributed by atoms with Gasteiger partial charge in [0.2, 0.25) is 11.7 Å². The zero-order valence-electron chi connectivity index (χ0n) is 15.7. The van der Waals surface area contributed by atoms with E-state index in [1.807, 2.05) is 49.4 Å². The van der Waals surface area contributed by atoms with Gasteiger partial charge >= 0.3 is 6.09 Å². The molecule has 2 aromatic heterocycles. The highest BCUT2D eigenvalue weighted by Crippen LogP contribution is 2.28. The highest BCUT2D eigenvalue weighted by atomic mass is 16.6. The van der Waals surface area contributed by atoms with Gasteiger partial charge in [-0.1, -0.05) is 35.5 Å². The standard InChI is InChI=1S/C21H22N4O3/c1-15-7-8-18(13-22-15)19-23-20(28-24-19)17-9-11-25(12-10-17)21(26)27-14-16-5-3-2-4-6-16/h2-8,13,17H,9-12,14H2,1H3. The number of aryl methyl sites for hydroxylation is 1. The van der Waals surface area contributed by atoms with Crippen LogP contribution in [-0.4, -0.2) is 39.2 Å². The van der Waals surface area contributed by atoms with E-state index in [2.05, 4.69) is 15.1 Å². The largest absolute Gasteiger partial charge is 0.445 e. The first-order valence-corrected chi connectivity index (χ1v) is 9.41. The van der Waals surface area contributed by atoms with Gasteiger partial charge in [0.1, 0.15) is 6.61 Å². The third kappa shape index (κ3) is 4.19. The number of rotatable bonds is 4. The van der Waals surface area contributed by atoms with E-state index in [1.165, 1.54) is 0 Å². The molecule has 3 aromatic rings. The summed E-state index contributed by atoms with van der Waals surface area (Å²) < 4.78 is 10.9. The van der Waals surface area contributed by atoms with Crippen LogP contribution in [0.2, 0.25) is 0 Å². The number of carbonyl (C=O) groups is 1. The first kappa shape index (κ1) is 18.2. The number of pyridine rings is 1. The van der Waals surface area contributed by atoms with E-state index in [0.717, 1.165) is 29.7 Å². The zero-order valence-corrected chi connectivity index (χ0v) is 15.7. The molecule has 3 heterocycles. The minimum absolute atomic E-state index is 0.151. The van der Waals surface area contributed by atoms with Gasteiger partial charge in [-0.2, -0.15) is 4.98 Å². The fraction of sp³-hybridized carbons (Fsp3) is 0.333. The van der Waals surface area contributed by atoms with E-state index < -0.39 is 0 Å². The quantitative estimate of drug-likeness (QED) is 0.684. The SMILES string of the molecule is Cc1ccc(-c2noc(C3CCN(C(=O)OCc4ccccc4)CC3)n2)cn1. The maximum absolute atomic E-state index is 12.3. The molecular weight excluding hydrogens is 356 g/mol. The summed E-state index contributed by atoms with van der Waals surface area (Å²) in [6.07, 6.45) is 3.01. The van der Waals surface area contributed by atoms with Crippen molar-refractivity contribution in [2.75, 3.05) is 13.1 Å². The molecule has 0 aliphatic carbocycles. The fourth-order valence-electron chi connectivity index (χ4n) is 3.24. The predicted octanol–water partition coefficient (Wildman–Crippen LogP) is 3.96. The van der Waals surface area contributed by atoms with Crippen molar-refractivity contribution in [1.29, 1.82) is 0 Å². The number of aromatic nitrogens is 3. The molecule has 0 unspecified atom stereocenters. The number of carbonyl (C=O) groups excluding carboxylic acids is 1. The highest BCUT2D eigenvalue weighted by molar-refractivity contribution is 5.67. The summed E-state index contributed by atoms with van der Waals surface area (Å²) in [6, 6.07) is 13.5. The van der Waals surface area contributed by atoms with E-state index >= 15 is 0 Å². The van der Waals surface area contributed by atoms with E-state index in [1.54, 1.807) is 11.1 Å². The minimum atomic E-state index is -0.278. The lowest BCUT2D eigenvalue weighted by atomic mass is 9.97. The van der Waals surface area contributed by atoms with E-state index in [0.29, 0.717) is 24.8 Å². The van der Waals surface area contributed by atoms with Crippen LogP contribution in [0.25, 0.3) is 11.4 Å². The van der Waals surface area contributed by atoms with Gasteiger partial charge in [0.25, 0.3) is 0 Å². The number of ether oxygens (including phenoxy) is 1. The van der Waals surface area contributed by atoms with Crippen molar-refractivity contribution < 1.29 is 14.1 Å². The number of likely N-dealkylation sites (tertiary alicyclic amines) is 1.